The molecule has 0 saturated heterocycles. The number of ether oxygens (including phenoxy) is 1. The predicted octanol–water partition coefficient (Wildman–Crippen LogP) is 2.57. The van der Waals surface area contributed by atoms with Crippen molar-refractivity contribution in [3.8, 4) is 11.2 Å². The van der Waals surface area contributed by atoms with E-state index in [9.17, 15) is 0 Å². The van der Waals surface area contributed by atoms with Crippen LogP contribution in [0.3, 0.4) is 0 Å². The lowest BCUT2D eigenvalue weighted by atomic mass is 10.4. The van der Waals surface area contributed by atoms with Crippen molar-refractivity contribution < 1.29 is 9.84 Å². The van der Waals surface area contributed by atoms with Gasteiger partial charge in [0.15, 0.2) is 0 Å². The molecule has 1 rings (SSSR count). The van der Waals surface area contributed by atoms with Gasteiger partial charge in [-0.15, -0.1) is 11.3 Å². The van der Waals surface area contributed by atoms with Gasteiger partial charge in [-0.1, -0.05) is 0 Å². The Morgan fingerprint density at radius 1 is 1.53 bits per heavy atom. The summed E-state index contributed by atoms with van der Waals surface area (Å²) in [5.74, 6) is 3.04. The van der Waals surface area contributed by atoms with Gasteiger partial charge >= 0.3 is 0 Å². The molecule has 1 aromatic heterocycles. The van der Waals surface area contributed by atoms with Gasteiger partial charge in [0.05, 0.1) is 31.2 Å². The molecule has 0 radical (unpaired) electrons. The minimum atomic E-state index is 0.0610. The van der Waals surface area contributed by atoms with Crippen molar-refractivity contribution in [3.63, 3.8) is 0 Å². The van der Waals surface area contributed by atoms with Crippen LogP contribution in [-0.4, -0.2) is 37.7 Å². The average molecular weight is 381 g/mol. The molecule has 0 aliphatic rings. The van der Waals surface area contributed by atoms with Gasteiger partial charge < -0.3 is 9.84 Å². The molecule has 0 aliphatic carbocycles. The third-order valence-electron chi connectivity index (χ3n) is 1.66. The molecule has 92 valence electrons. The third kappa shape index (κ3) is 7.06. The Hall–Kier alpha value is -0.0700. The summed E-state index contributed by atoms with van der Waals surface area (Å²) in [5.41, 5.74) is 0. The first-order valence-electron chi connectivity index (χ1n) is 4.93. The number of thiophene rings is 1. The maximum atomic E-state index is 8.50. The van der Waals surface area contributed by atoms with Crippen LogP contribution in [0.1, 0.15) is 9.75 Å². The van der Waals surface area contributed by atoms with Crippen LogP contribution >= 0.6 is 41.5 Å². The Bertz CT molecular complexity index is 409. The molecule has 1 heterocycles. The summed E-state index contributed by atoms with van der Waals surface area (Å²) in [6.07, 6.45) is 1.83. The number of aliphatic hydroxyl groups excluding tert-OH is 1. The first kappa shape index (κ1) is 15.0. The smallest absolute Gasteiger partial charge is 0.0784 e. The normalized spacial score (nSPS) is 10.5. The standard InChI is InChI=1S/C11H12INO2S2/c12-16-8-3-10-1-2-11(17-10)9-13-4-6-15-7-5-14/h1-2,9,14H,4-7H2/b13-9+. The Balaban J connectivity index is 2.31. The molecule has 0 amide bonds. The minimum absolute atomic E-state index is 0.0610. The lowest BCUT2D eigenvalue weighted by Crippen LogP contribution is -2.02. The molecule has 1 N–H and O–H groups in total. The number of aliphatic imine (C=N–C) groups is 1. The SMILES string of the molecule is OCCOCC/N=C/c1ccc(C#CSI)s1. The highest BCUT2D eigenvalue weighted by atomic mass is 127. The molecule has 3 nitrogen and oxygen atoms in total. The Kier molecular flexibility index (Phi) is 8.74. The topological polar surface area (TPSA) is 41.8 Å². The van der Waals surface area contributed by atoms with Crippen molar-refractivity contribution in [3.05, 3.63) is 21.9 Å². The number of rotatable bonds is 6. The van der Waals surface area contributed by atoms with E-state index in [4.69, 9.17) is 9.84 Å². The maximum Gasteiger partial charge on any atom is 0.0784 e. The van der Waals surface area contributed by atoms with E-state index in [1.807, 2.05) is 18.3 Å². The summed E-state index contributed by atoms with van der Waals surface area (Å²) in [5, 5.41) is 11.4. The Labute approximate surface area is 121 Å². The predicted molar refractivity (Wildman–Crippen MR) is 83.2 cm³/mol. The summed E-state index contributed by atoms with van der Waals surface area (Å²) < 4.78 is 5.09. The van der Waals surface area contributed by atoms with E-state index in [2.05, 4.69) is 37.4 Å². The van der Waals surface area contributed by atoms with Crippen LogP contribution in [0.25, 0.3) is 0 Å². The van der Waals surface area contributed by atoms with Crippen LogP contribution in [0.5, 0.6) is 0 Å². The maximum absolute atomic E-state index is 8.50. The van der Waals surface area contributed by atoms with Crippen LogP contribution in [-0.2, 0) is 4.74 Å². The lowest BCUT2D eigenvalue weighted by Gasteiger charge is -1.96. The summed E-state index contributed by atoms with van der Waals surface area (Å²) in [4.78, 5) is 6.37. The highest BCUT2D eigenvalue weighted by Gasteiger charge is 1.94. The molecule has 0 aromatic carbocycles. The second kappa shape index (κ2) is 9.91. The van der Waals surface area contributed by atoms with E-state index >= 15 is 0 Å². The van der Waals surface area contributed by atoms with E-state index < -0.39 is 0 Å². The second-order valence-electron chi connectivity index (χ2n) is 2.88. The minimum Gasteiger partial charge on any atom is -0.394 e. The van der Waals surface area contributed by atoms with Crippen molar-refractivity contribution in [1.29, 1.82) is 0 Å². The van der Waals surface area contributed by atoms with Gasteiger partial charge in [-0.25, -0.2) is 0 Å². The zero-order chi connectivity index (χ0) is 12.3. The number of hydrogen-bond donors (Lipinski definition) is 1. The lowest BCUT2D eigenvalue weighted by molar-refractivity contribution is 0.0978. The molecule has 0 unspecified atom stereocenters. The molecular weight excluding hydrogens is 369 g/mol. The first-order chi connectivity index (χ1) is 8.36. The molecule has 6 heteroatoms. The molecule has 0 saturated carbocycles. The van der Waals surface area contributed by atoms with Gasteiger partial charge in [0.1, 0.15) is 0 Å². The highest BCUT2D eigenvalue weighted by molar-refractivity contribution is 14.2. The Morgan fingerprint density at radius 3 is 3.18 bits per heavy atom. The molecule has 0 atom stereocenters. The van der Waals surface area contributed by atoms with Crippen LogP contribution in [0, 0.1) is 11.2 Å². The summed E-state index contributed by atoms with van der Waals surface area (Å²) in [6, 6.07) is 4.00. The number of hydrogen-bond acceptors (Lipinski definition) is 5. The largest absolute Gasteiger partial charge is 0.394 e. The van der Waals surface area contributed by atoms with Crippen LogP contribution < -0.4 is 0 Å². The van der Waals surface area contributed by atoms with Gasteiger partial charge in [0, 0.05) is 32.3 Å². The highest BCUT2D eigenvalue weighted by Crippen LogP contribution is 2.15. The van der Waals surface area contributed by atoms with Crippen LogP contribution in [0.4, 0.5) is 0 Å². The fourth-order valence-electron chi connectivity index (χ4n) is 0.997. The number of aliphatic hydroxyl groups is 1. The van der Waals surface area contributed by atoms with Crippen molar-refractivity contribution in [2.75, 3.05) is 26.4 Å². The number of halogens is 1. The second-order valence-corrected chi connectivity index (χ2v) is 5.67. The molecule has 0 fully saturated rings. The molecule has 17 heavy (non-hydrogen) atoms. The van der Waals surface area contributed by atoms with E-state index in [1.54, 1.807) is 11.3 Å². The van der Waals surface area contributed by atoms with Crippen molar-refractivity contribution >= 4 is 47.7 Å². The van der Waals surface area contributed by atoms with Gasteiger partial charge in [-0.05, 0) is 32.2 Å². The zero-order valence-electron chi connectivity index (χ0n) is 9.06. The summed E-state index contributed by atoms with van der Waals surface area (Å²) >= 11 is 3.77. The monoisotopic (exact) mass is 381 g/mol. The van der Waals surface area contributed by atoms with Gasteiger partial charge in [0.25, 0.3) is 0 Å². The molecule has 0 spiro atoms. The van der Waals surface area contributed by atoms with Crippen molar-refractivity contribution in [1.82, 2.24) is 0 Å². The van der Waals surface area contributed by atoms with E-state index in [1.165, 1.54) is 8.93 Å². The molecule has 1 aromatic rings. The molecule has 0 bridgehead atoms. The third-order valence-corrected chi connectivity index (χ3v) is 3.43. The van der Waals surface area contributed by atoms with Crippen molar-refractivity contribution in [2.45, 2.75) is 0 Å². The van der Waals surface area contributed by atoms with Gasteiger partial charge in [-0.2, -0.15) is 0 Å². The summed E-state index contributed by atoms with van der Waals surface area (Å²) in [6.45, 7) is 1.59. The number of nitrogens with zero attached hydrogens (tertiary/aromatic N) is 1. The molecular formula is C11H12INO2S2. The average Bonchev–Trinajstić information content (AvgIpc) is 2.79. The van der Waals surface area contributed by atoms with Crippen LogP contribution in [0.2, 0.25) is 0 Å². The van der Waals surface area contributed by atoms with Crippen LogP contribution in [0.15, 0.2) is 17.1 Å². The Morgan fingerprint density at radius 2 is 2.41 bits per heavy atom. The zero-order valence-corrected chi connectivity index (χ0v) is 12.8. The molecule has 0 aliphatic heterocycles. The van der Waals surface area contributed by atoms with E-state index in [0.717, 1.165) is 9.75 Å². The first-order valence-corrected chi connectivity index (χ1v) is 9.11. The van der Waals surface area contributed by atoms with Crippen molar-refractivity contribution in [2.24, 2.45) is 4.99 Å². The fourth-order valence-corrected chi connectivity index (χ4v) is 2.30. The van der Waals surface area contributed by atoms with Gasteiger partial charge in [-0.3, -0.25) is 4.99 Å². The van der Waals surface area contributed by atoms with E-state index in [0.29, 0.717) is 19.8 Å². The van der Waals surface area contributed by atoms with E-state index in [-0.39, 0.29) is 6.61 Å². The fraction of sp³-hybridized carbons (Fsp3) is 0.364. The van der Waals surface area contributed by atoms with Gasteiger partial charge in [0.2, 0.25) is 0 Å². The quantitative estimate of drug-likeness (QED) is 0.357. The summed E-state index contributed by atoms with van der Waals surface area (Å²) in [7, 11) is 1.48.